The van der Waals surface area contributed by atoms with E-state index in [1.54, 1.807) is 24.1 Å². The molecule has 0 aliphatic heterocycles. The average molecular weight is 189 g/mol. The van der Waals surface area contributed by atoms with Gasteiger partial charge in [0, 0.05) is 32.1 Å². The lowest BCUT2D eigenvalue weighted by Gasteiger charge is -1.96. The fourth-order valence-electron chi connectivity index (χ4n) is 1.24. The van der Waals surface area contributed by atoms with Crippen LogP contribution in [0.15, 0.2) is 24.5 Å². The summed E-state index contributed by atoms with van der Waals surface area (Å²) in [5.41, 5.74) is 0.962. The molecule has 0 saturated heterocycles. The number of nitrogens with one attached hydrogen (secondary N) is 1. The highest BCUT2D eigenvalue weighted by atomic mass is 15.4. The molecule has 0 aliphatic carbocycles. The third-order valence-electron chi connectivity index (χ3n) is 1.91. The molecule has 0 atom stereocenters. The Labute approximate surface area is 81.8 Å². The van der Waals surface area contributed by atoms with E-state index in [4.69, 9.17) is 0 Å². The maximum Gasteiger partial charge on any atom is 0.242 e. The van der Waals surface area contributed by atoms with Crippen LogP contribution in [0.25, 0.3) is 11.4 Å². The molecule has 5 heteroatoms. The summed E-state index contributed by atoms with van der Waals surface area (Å²) in [6.07, 6.45) is 3.50. The molecule has 0 fully saturated rings. The summed E-state index contributed by atoms with van der Waals surface area (Å²) in [6, 6.07) is 3.83. The Balaban J connectivity index is 2.46. The van der Waals surface area contributed by atoms with Gasteiger partial charge in [0.2, 0.25) is 5.95 Å². The number of hydrogen-bond donors (Lipinski definition) is 1. The second-order valence-corrected chi connectivity index (χ2v) is 2.87. The number of nitrogens with zero attached hydrogens (tertiary/aromatic N) is 4. The zero-order valence-electron chi connectivity index (χ0n) is 8.10. The van der Waals surface area contributed by atoms with Gasteiger partial charge in [0.25, 0.3) is 0 Å². The van der Waals surface area contributed by atoms with E-state index >= 15 is 0 Å². The molecule has 5 nitrogen and oxygen atoms in total. The van der Waals surface area contributed by atoms with Crippen molar-refractivity contribution in [2.45, 2.75) is 0 Å². The van der Waals surface area contributed by atoms with Crippen molar-refractivity contribution in [3.05, 3.63) is 24.5 Å². The number of anilines is 1. The number of pyridine rings is 1. The van der Waals surface area contributed by atoms with Gasteiger partial charge in [0.15, 0.2) is 5.82 Å². The van der Waals surface area contributed by atoms with Gasteiger partial charge in [-0.2, -0.15) is 4.98 Å². The molecule has 0 radical (unpaired) electrons. The van der Waals surface area contributed by atoms with Gasteiger partial charge in [0.1, 0.15) is 0 Å². The Morgan fingerprint density at radius 1 is 1.43 bits per heavy atom. The lowest BCUT2D eigenvalue weighted by atomic mass is 10.3. The molecule has 0 aliphatic rings. The highest BCUT2D eigenvalue weighted by Crippen LogP contribution is 2.15. The van der Waals surface area contributed by atoms with Gasteiger partial charge in [-0.1, -0.05) is 0 Å². The van der Waals surface area contributed by atoms with Crippen molar-refractivity contribution >= 4 is 5.95 Å². The fraction of sp³-hybridized carbons (Fsp3) is 0.222. The standard InChI is InChI=1S/C9H11N5/c1-10-9-12-8(14(2)13-9)7-4-3-5-11-6-7/h3-6H,1-2H3,(H,10,13). The largest absolute Gasteiger partial charge is 0.356 e. The van der Waals surface area contributed by atoms with Crippen molar-refractivity contribution in [3.63, 3.8) is 0 Å². The smallest absolute Gasteiger partial charge is 0.242 e. The summed E-state index contributed by atoms with van der Waals surface area (Å²) in [4.78, 5) is 8.33. The minimum absolute atomic E-state index is 0.617. The first kappa shape index (κ1) is 8.68. The van der Waals surface area contributed by atoms with Crippen LogP contribution in [-0.4, -0.2) is 26.8 Å². The van der Waals surface area contributed by atoms with Gasteiger partial charge in [-0.25, -0.2) is 4.68 Å². The van der Waals surface area contributed by atoms with Gasteiger partial charge in [-0.15, -0.1) is 5.10 Å². The van der Waals surface area contributed by atoms with E-state index in [1.807, 2.05) is 19.2 Å². The molecule has 0 unspecified atom stereocenters. The molecule has 0 spiro atoms. The van der Waals surface area contributed by atoms with Crippen molar-refractivity contribution in [3.8, 4) is 11.4 Å². The average Bonchev–Trinajstić information content (AvgIpc) is 2.61. The van der Waals surface area contributed by atoms with Crippen molar-refractivity contribution in [2.24, 2.45) is 7.05 Å². The lowest BCUT2D eigenvalue weighted by molar-refractivity contribution is 0.776. The third kappa shape index (κ3) is 1.44. The molecular weight excluding hydrogens is 178 g/mol. The highest BCUT2D eigenvalue weighted by molar-refractivity contribution is 5.54. The molecule has 72 valence electrons. The zero-order valence-corrected chi connectivity index (χ0v) is 8.10. The van der Waals surface area contributed by atoms with Crippen LogP contribution in [0.2, 0.25) is 0 Å². The number of rotatable bonds is 2. The van der Waals surface area contributed by atoms with Gasteiger partial charge in [0.05, 0.1) is 0 Å². The van der Waals surface area contributed by atoms with Crippen molar-refractivity contribution in [1.29, 1.82) is 0 Å². The van der Waals surface area contributed by atoms with E-state index in [2.05, 4.69) is 20.4 Å². The summed E-state index contributed by atoms with van der Waals surface area (Å²) in [6.45, 7) is 0. The van der Waals surface area contributed by atoms with E-state index < -0.39 is 0 Å². The second kappa shape index (κ2) is 3.45. The Morgan fingerprint density at radius 3 is 2.86 bits per heavy atom. The van der Waals surface area contributed by atoms with Gasteiger partial charge >= 0.3 is 0 Å². The molecule has 2 heterocycles. The topological polar surface area (TPSA) is 55.6 Å². The molecule has 0 bridgehead atoms. The second-order valence-electron chi connectivity index (χ2n) is 2.87. The maximum atomic E-state index is 4.30. The third-order valence-corrected chi connectivity index (χ3v) is 1.91. The Bertz CT molecular complexity index is 420. The normalized spacial score (nSPS) is 10.1. The minimum atomic E-state index is 0.617. The van der Waals surface area contributed by atoms with Crippen LogP contribution in [-0.2, 0) is 7.05 Å². The van der Waals surface area contributed by atoms with E-state index in [1.165, 1.54) is 0 Å². The van der Waals surface area contributed by atoms with Crippen LogP contribution in [0.4, 0.5) is 5.95 Å². The van der Waals surface area contributed by atoms with Crippen LogP contribution < -0.4 is 5.32 Å². The van der Waals surface area contributed by atoms with E-state index in [0.29, 0.717) is 5.95 Å². The highest BCUT2D eigenvalue weighted by Gasteiger charge is 2.07. The fourth-order valence-corrected chi connectivity index (χ4v) is 1.24. The summed E-state index contributed by atoms with van der Waals surface area (Å²) < 4.78 is 1.73. The quantitative estimate of drug-likeness (QED) is 0.763. The first-order valence-corrected chi connectivity index (χ1v) is 4.30. The van der Waals surface area contributed by atoms with E-state index in [9.17, 15) is 0 Å². The molecule has 2 rings (SSSR count). The molecule has 0 saturated carbocycles. The first-order chi connectivity index (χ1) is 6.81. The number of aryl methyl sites for hydroxylation is 1. The predicted molar refractivity (Wildman–Crippen MR) is 53.8 cm³/mol. The summed E-state index contributed by atoms with van der Waals surface area (Å²) in [5, 5.41) is 7.07. The molecular formula is C9H11N5. The Kier molecular flexibility index (Phi) is 2.14. The molecule has 0 aromatic carbocycles. The first-order valence-electron chi connectivity index (χ1n) is 4.30. The van der Waals surface area contributed by atoms with Crippen molar-refractivity contribution in [1.82, 2.24) is 19.7 Å². The Morgan fingerprint density at radius 2 is 2.29 bits per heavy atom. The predicted octanol–water partition coefficient (Wildman–Crippen LogP) is 0.919. The molecule has 2 aromatic heterocycles. The molecule has 14 heavy (non-hydrogen) atoms. The van der Waals surface area contributed by atoms with Crippen LogP contribution in [0, 0.1) is 0 Å². The van der Waals surface area contributed by atoms with Crippen LogP contribution >= 0.6 is 0 Å². The van der Waals surface area contributed by atoms with Gasteiger partial charge < -0.3 is 5.32 Å². The van der Waals surface area contributed by atoms with Gasteiger partial charge in [-0.05, 0) is 12.1 Å². The maximum absolute atomic E-state index is 4.30. The van der Waals surface area contributed by atoms with E-state index in [-0.39, 0.29) is 0 Å². The van der Waals surface area contributed by atoms with Crippen LogP contribution in [0.5, 0.6) is 0 Å². The van der Waals surface area contributed by atoms with E-state index in [0.717, 1.165) is 11.4 Å². The monoisotopic (exact) mass is 189 g/mol. The van der Waals surface area contributed by atoms with Crippen LogP contribution in [0.1, 0.15) is 0 Å². The number of hydrogen-bond acceptors (Lipinski definition) is 4. The van der Waals surface area contributed by atoms with Crippen LogP contribution in [0.3, 0.4) is 0 Å². The summed E-state index contributed by atoms with van der Waals surface area (Å²) in [5.74, 6) is 1.42. The molecule has 2 aromatic rings. The number of aromatic nitrogens is 4. The molecule has 1 N–H and O–H groups in total. The lowest BCUT2D eigenvalue weighted by Crippen LogP contribution is -1.95. The summed E-state index contributed by atoms with van der Waals surface area (Å²) >= 11 is 0. The Hall–Kier alpha value is -1.91. The molecule has 0 amide bonds. The van der Waals surface area contributed by atoms with Gasteiger partial charge in [-0.3, -0.25) is 4.98 Å². The zero-order chi connectivity index (χ0) is 9.97. The SMILES string of the molecule is CNc1nc(-c2cccnc2)n(C)n1. The summed E-state index contributed by atoms with van der Waals surface area (Å²) in [7, 11) is 3.65. The van der Waals surface area contributed by atoms with Crippen molar-refractivity contribution in [2.75, 3.05) is 12.4 Å². The van der Waals surface area contributed by atoms with Crippen molar-refractivity contribution < 1.29 is 0 Å². The minimum Gasteiger partial charge on any atom is -0.356 e.